The number of hydrogen-bond donors (Lipinski definition) is 0. The molecule has 17 heavy (non-hydrogen) atoms. The van der Waals surface area contributed by atoms with Crippen LogP contribution in [-0.2, 0) is 9.53 Å². The summed E-state index contributed by atoms with van der Waals surface area (Å²) in [6.07, 6.45) is 7.94. The fourth-order valence-corrected chi connectivity index (χ4v) is 3.40. The van der Waals surface area contributed by atoms with Crippen molar-refractivity contribution in [3.63, 3.8) is 0 Å². The molecule has 0 aromatic heterocycles. The van der Waals surface area contributed by atoms with Crippen molar-refractivity contribution in [2.24, 2.45) is 5.92 Å². The van der Waals surface area contributed by atoms with Crippen molar-refractivity contribution in [3.8, 4) is 0 Å². The summed E-state index contributed by atoms with van der Waals surface area (Å²) >= 11 is 0. The molecular weight excluding hydrogens is 214 g/mol. The van der Waals surface area contributed by atoms with Crippen LogP contribution in [0.1, 0.15) is 44.9 Å². The van der Waals surface area contributed by atoms with E-state index in [9.17, 15) is 4.79 Å². The lowest BCUT2D eigenvalue weighted by Gasteiger charge is -2.28. The van der Waals surface area contributed by atoms with E-state index in [0.29, 0.717) is 17.7 Å². The van der Waals surface area contributed by atoms with Crippen molar-refractivity contribution in [1.29, 1.82) is 0 Å². The Hall–Kier alpha value is -0.410. The number of carbonyl (C=O) groups is 1. The summed E-state index contributed by atoms with van der Waals surface area (Å²) in [6, 6.07) is 0.563. The van der Waals surface area contributed by atoms with Crippen LogP contribution in [0.25, 0.3) is 0 Å². The van der Waals surface area contributed by atoms with Gasteiger partial charge >= 0.3 is 0 Å². The van der Waals surface area contributed by atoms with Crippen molar-refractivity contribution >= 4 is 5.78 Å². The molecule has 3 heteroatoms. The van der Waals surface area contributed by atoms with Crippen LogP contribution >= 0.6 is 0 Å². The number of rotatable bonds is 6. The van der Waals surface area contributed by atoms with Gasteiger partial charge in [0.05, 0.1) is 0 Å². The SMILES string of the molecule is COCCCCN1CCCC1C1CCCC1=O. The minimum Gasteiger partial charge on any atom is -0.385 e. The molecule has 2 rings (SSSR count). The molecule has 0 aromatic carbocycles. The highest BCUT2D eigenvalue weighted by Crippen LogP contribution is 2.33. The Morgan fingerprint density at radius 1 is 1.29 bits per heavy atom. The molecule has 0 radical (unpaired) electrons. The van der Waals surface area contributed by atoms with E-state index in [1.807, 2.05) is 0 Å². The van der Waals surface area contributed by atoms with Gasteiger partial charge in [0.1, 0.15) is 5.78 Å². The van der Waals surface area contributed by atoms with E-state index >= 15 is 0 Å². The molecule has 2 fully saturated rings. The Kier molecular flexibility index (Phi) is 4.99. The zero-order chi connectivity index (χ0) is 12.1. The molecule has 1 aliphatic heterocycles. The maximum absolute atomic E-state index is 11.8. The van der Waals surface area contributed by atoms with Crippen LogP contribution in [0.2, 0.25) is 0 Å². The van der Waals surface area contributed by atoms with Crippen molar-refractivity contribution in [2.45, 2.75) is 51.0 Å². The first-order valence-electron chi connectivity index (χ1n) is 7.08. The maximum atomic E-state index is 11.8. The van der Waals surface area contributed by atoms with Crippen LogP contribution in [0.5, 0.6) is 0 Å². The topological polar surface area (TPSA) is 29.5 Å². The molecule has 98 valence electrons. The maximum Gasteiger partial charge on any atom is 0.137 e. The molecule has 0 amide bonds. The number of likely N-dealkylation sites (tertiary alicyclic amines) is 1. The van der Waals surface area contributed by atoms with Gasteiger partial charge in [-0.3, -0.25) is 9.69 Å². The van der Waals surface area contributed by atoms with Crippen LogP contribution in [0.15, 0.2) is 0 Å². The van der Waals surface area contributed by atoms with Crippen molar-refractivity contribution in [2.75, 3.05) is 26.8 Å². The van der Waals surface area contributed by atoms with Gasteiger partial charge in [-0.15, -0.1) is 0 Å². The van der Waals surface area contributed by atoms with Gasteiger partial charge < -0.3 is 4.74 Å². The second kappa shape index (κ2) is 6.50. The van der Waals surface area contributed by atoms with Crippen LogP contribution in [0.3, 0.4) is 0 Å². The average Bonchev–Trinajstić information content (AvgIpc) is 2.93. The Morgan fingerprint density at radius 3 is 2.88 bits per heavy atom. The Bertz CT molecular complexity index is 255. The number of ether oxygens (including phenoxy) is 1. The van der Waals surface area contributed by atoms with Gasteiger partial charge in [-0.1, -0.05) is 0 Å². The molecule has 1 saturated heterocycles. The van der Waals surface area contributed by atoms with Crippen molar-refractivity contribution < 1.29 is 9.53 Å². The minimum atomic E-state index is 0.361. The summed E-state index contributed by atoms with van der Waals surface area (Å²) in [5, 5.41) is 0. The van der Waals surface area contributed by atoms with Gasteiger partial charge in [-0.05, 0) is 51.6 Å². The van der Waals surface area contributed by atoms with E-state index < -0.39 is 0 Å². The number of ketones is 1. The van der Waals surface area contributed by atoms with Crippen LogP contribution in [0, 0.1) is 5.92 Å². The lowest BCUT2D eigenvalue weighted by atomic mass is 9.95. The van der Waals surface area contributed by atoms with Gasteiger partial charge in [-0.2, -0.15) is 0 Å². The fraction of sp³-hybridized carbons (Fsp3) is 0.929. The summed E-state index contributed by atoms with van der Waals surface area (Å²) in [7, 11) is 1.76. The molecule has 2 unspecified atom stereocenters. The smallest absolute Gasteiger partial charge is 0.137 e. The van der Waals surface area contributed by atoms with Gasteiger partial charge in [0.25, 0.3) is 0 Å². The van der Waals surface area contributed by atoms with Crippen molar-refractivity contribution in [1.82, 2.24) is 4.90 Å². The Balaban J connectivity index is 1.78. The highest BCUT2D eigenvalue weighted by molar-refractivity contribution is 5.83. The Morgan fingerprint density at radius 2 is 2.18 bits per heavy atom. The monoisotopic (exact) mass is 239 g/mol. The standard InChI is InChI=1S/C14H25NO2/c1-17-11-3-2-9-15-10-5-7-13(15)12-6-4-8-14(12)16/h12-13H,2-11H2,1H3. The number of unbranched alkanes of at least 4 members (excludes halogenated alkanes) is 1. The number of carbonyl (C=O) groups excluding carboxylic acids is 1. The molecule has 0 N–H and O–H groups in total. The second-order valence-electron chi connectivity index (χ2n) is 5.41. The summed E-state index contributed by atoms with van der Waals surface area (Å²) in [5.74, 6) is 0.888. The number of nitrogens with zero attached hydrogens (tertiary/aromatic N) is 1. The van der Waals surface area contributed by atoms with Crippen LogP contribution in [0.4, 0.5) is 0 Å². The predicted octanol–water partition coefficient (Wildman–Crippen LogP) is 2.25. The minimum absolute atomic E-state index is 0.361. The highest BCUT2D eigenvalue weighted by atomic mass is 16.5. The van der Waals surface area contributed by atoms with Gasteiger partial charge in [-0.25, -0.2) is 0 Å². The lowest BCUT2D eigenvalue weighted by molar-refractivity contribution is -0.122. The van der Waals surface area contributed by atoms with E-state index in [1.54, 1.807) is 7.11 Å². The average molecular weight is 239 g/mol. The molecule has 1 aliphatic carbocycles. The number of methoxy groups -OCH3 is 1. The first-order valence-corrected chi connectivity index (χ1v) is 7.08. The predicted molar refractivity (Wildman–Crippen MR) is 68.1 cm³/mol. The molecule has 0 aromatic rings. The summed E-state index contributed by atoms with van der Waals surface area (Å²) in [5.41, 5.74) is 0. The third-order valence-electron chi connectivity index (χ3n) is 4.27. The van der Waals surface area contributed by atoms with E-state index in [4.69, 9.17) is 4.74 Å². The van der Waals surface area contributed by atoms with Gasteiger partial charge in [0.15, 0.2) is 0 Å². The molecular formula is C14H25NO2. The number of Topliss-reactive ketones (excluding diaryl/α,β-unsaturated/α-hetero) is 1. The highest BCUT2D eigenvalue weighted by Gasteiger charge is 2.37. The summed E-state index contributed by atoms with van der Waals surface area (Å²) in [4.78, 5) is 14.4. The molecule has 0 bridgehead atoms. The van der Waals surface area contributed by atoms with E-state index in [0.717, 1.165) is 38.8 Å². The van der Waals surface area contributed by atoms with Crippen LogP contribution < -0.4 is 0 Å². The zero-order valence-corrected chi connectivity index (χ0v) is 11.0. The van der Waals surface area contributed by atoms with E-state index in [1.165, 1.54) is 25.8 Å². The lowest BCUT2D eigenvalue weighted by Crippen LogP contribution is -2.38. The Labute approximate surface area is 105 Å². The molecule has 1 saturated carbocycles. The first-order chi connectivity index (χ1) is 8.33. The molecule has 2 aliphatic rings. The molecule has 2 atom stereocenters. The van der Waals surface area contributed by atoms with Crippen LogP contribution in [-0.4, -0.2) is 43.5 Å². The van der Waals surface area contributed by atoms with Crippen molar-refractivity contribution in [3.05, 3.63) is 0 Å². The normalized spacial score (nSPS) is 30.3. The van der Waals surface area contributed by atoms with Gasteiger partial charge in [0, 0.05) is 32.1 Å². The largest absolute Gasteiger partial charge is 0.385 e. The van der Waals surface area contributed by atoms with Gasteiger partial charge in [0.2, 0.25) is 0 Å². The third kappa shape index (κ3) is 3.29. The summed E-state index contributed by atoms with van der Waals surface area (Å²) < 4.78 is 5.08. The molecule has 0 spiro atoms. The third-order valence-corrected chi connectivity index (χ3v) is 4.27. The van der Waals surface area contributed by atoms with E-state index in [2.05, 4.69) is 4.90 Å². The van der Waals surface area contributed by atoms with E-state index in [-0.39, 0.29) is 0 Å². The second-order valence-corrected chi connectivity index (χ2v) is 5.41. The zero-order valence-electron chi connectivity index (χ0n) is 11.0. The summed E-state index contributed by atoms with van der Waals surface area (Å²) in [6.45, 7) is 3.21. The fourth-order valence-electron chi connectivity index (χ4n) is 3.40. The quantitative estimate of drug-likeness (QED) is 0.666. The first kappa shape index (κ1) is 13.0. The number of hydrogen-bond acceptors (Lipinski definition) is 3. The molecule has 1 heterocycles. The molecule has 3 nitrogen and oxygen atoms in total.